The summed E-state index contributed by atoms with van der Waals surface area (Å²) < 4.78 is 5.54. The van der Waals surface area contributed by atoms with Crippen LogP contribution in [0.15, 0.2) is 24.3 Å². The van der Waals surface area contributed by atoms with Crippen molar-refractivity contribution in [2.24, 2.45) is 11.3 Å². The number of hydrazine groups is 1. The van der Waals surface area contributed by atoms with E-state index >= 15 is 0 Å². The van der Waals surface area contributed by atoms with E-state index in [1.54, 1.807) is 0 Å². The molecule has 0 spiro atoms. The largest absolute Gasteiger partial charge is 0.379 e. The van der Waals surface area contributed by atoms with Crippen LogP contribution in [0.3, 0.4) is 0 Å². The molecule has 0 aliphatic carbocycles. The summed E-state index contributed by atoms with van der Waals surface area (Å²) in [5.74, 6) is 0.588. The zero-order chi connectivity index (χ0) is 18.6. The Balaban J connectivity index is 1.61. The van der Waals surface area contributed by atoms with Crippen LogP contribution in [-0.4, -0.2) is 56.9 Å². The molecule has 3 unspecified atom stereocenters. The van der Waals surface area contributed by atoms with Crippen LogP contribution in [-0.2, 0) is 4.74 Å². The van der Waals surface area contributed by atoms with E-state index in [9.17, 15) is 0 Å². The lowest BCUT2D eigenvalue weighted by Crippen LogP contribution is -2.46. The zero-order valence-electron chi connectivity index (χ0n) is 16.2. The second kappa shape index (κ2) is 9.00. The third-order valence-electron chi connectivity index (χ3n) is 5.51. The fourth-order valence-corrected chi connectivity index (χ4v) is 4.21. The number of rotatable bonds is 6. The van der Waals surface area contributed by atoms with Gasteiger partial charge in [0.15, 0.2) is 0 Å². The van der Waals surface area contributed by atoms with Gasteiger partial charge in [-0.1, -0.05) is 44.5 Å². The quantitative estimate of drug-likeness (QED) is 0.707. The van der Waals surface area contributed by atoms with Crippen LogP contribution in [0.1, 0.15) is 32.4 Å². The topological polar surface area (TPSA) is 48.6 Å². The second-order valence-electron chi connectivity index (χ2n) is 8.50. The first-order chi connectivity index (χ1) is 12.4. The first-order valence-corrected chi connectivity index (χ1v) is 10.1. The molecule has 2 aliphatic rings. The SMILES string of the molecule is CC(C)(C)C1NNCC1CNCC(c1ccc(Cl)cc1)N1CCOCC1. The highest BCUT2D eigenvalue weighted by Gasteiger charge is 2.35. The summed E-state index contributed by atoms with van der Waals surface area (Å²) in [6.45, 7) is 13.4. The Morgan fingerprint density at radius 2 is 1.92 bits per heavy atom. The van der Waals surface area contributed by atoms with Crippen LogP contribution in [0.2, 0.25) is 5.02 Å². The minimum atomic E-state index is 0.246. The zero-order valence-corrected chi connectivity index (χ0v) is 17.0. The standard InChI is InChI=1S/C20H33ClN4O/c1-20(2,3)19-16(13-23-24-19)12-22-14-18(25-8-10-26-11-9-25)15-4-6-17(21)7-5-15/h4-7,16,18-19,22-24H,8-14H2,1-3H3. The van der Waals surface area contributed by atoms with Crippen molar-refractivity contribution >= 4 is 11.6 Å². The van der Waals surface area contributed by atoms with Gasteiger partial charge in [-0.05, 0) is 23.1 Å². The molecule has 3 atom stereocenters. The summed E-state index contributed by atoms with van der Waals surface area (Å²) in [4.78, 5) is 2.52. The van der Waals surface area contributed by atoms with E-state index in [0.29, 0.717) is 18.0 Å². The molecular formula is C20H33ClN4O. The van der Waals surface area contributed by atoms with Crippen LogP contribution in [0, 0.1) is 11.3 Å². The molecule has 3 N–H and O–H groups in total. The Morgan fingerprint density at radius 3 is 2.58 bits per heavy atom. The Morgan fingerprint density at radius 1 is 1.23 bits per heavy atom. The summed E-state index contributed by atoms with van der Waals surface area (Å²) in [5, 5.41) is 4.53. The van der Waals surface area contributed by atoms with Gasteiger partial charge < -0.3 is 10.1 Å². The van der Waals surface area contributed by atoms with Gasteiger partial charge in [-0.25, -0.2) is 0 Å². The minimum absolute atomic E-state index is 0.246. The maximum Gasteiger partial charge on any atom is 0.0594 e. The van der Waals surface area contributed by atoms with Gasteiger partial charge in [0.1, 0.15) is 0 Å². The summed E-state index contributed by atoms with van der Waals surface area (Å²) in [6, 6.07) is 9.12. The number of ether oxygens (including phenoxy) is 1. The fourth-order valence-electron chi connectivity index (χ4n) is 4.09. The van der Waals surface area contributed by atoms with Crippen LogP contribution < -0.4 is 16.2 Å². The first kappa shape index (κ1) is 20.1. The van der Waals surface area contributed by atoms with Crippen LogP contribution in [0.5, 0.6) is 0 Å². The van der Waals surface area contributed by atoms with Gasteiger partial charge in [0.05, 0.1) is 13.2 Å². The van der Waals surface area contributed by atoms with E-state index in [2.05, 4.69) is 54.0 Å². The van der Waals surface area contributed by atoms with Crippen molar-refractivity contribution in [2.75, 3.05) is 45.9 Å². The molecule has 0 amide bonds. The predicted molar refractivity (Wildman–Crippen MR) is 107 cm³/mol. The second-order valence-corrected chi connectivity index (χ2v) is 8.94. The van der Waals surface area contributed by atoms with Crippen LogP contribution >= 0.6 is 11.6 Å². The molecule has 2 heterocycles. The first-order valence-electron chi connectivity index (χ1n) is 9.71. The Bertz CT molecular complexity index is 554. The molecule has 2 fully saturated rings. The number of nitrogens with one attached hydrogen (secondary N) is 3. The molecule has 1 aromatic rings. The van der Waals surface area contributed by atoms with E-state index in [1.165, 1.54) is 5.56 Å². The number of hydrogen-bond donors (Lipinski definition) is 3. The number of halogens is 1. The van der Waals surface area contributed by atoms with Gasteiger partial charge in [0.25, 0.3) is 0 Å². The molecule has 146 valence electrons. The molecule has 0 radical (unpaired) electrons. The number of morpholine rings is 1. The van der Waals surface area contributed by atoms with Gasteiger partial charge in [-0.3, -0.25) is 15.8 Å². The summed E-state index contributed by atoms with van der Waals surface area (Å²) in [5.41, 5.74) is 8.36. The van der Waals surface area contributed by atoms with Crippen molar-refractivity contribution in [2.45, 2.75) is 32.9 Å². The monoisotopic (exact) mass is 380 g/mol. The van der Waals surface area contributed by atoms with E-state index in [4.69, 9.17) is 16.3 Å². The molecule has 3 rings (SSSR count). The average Bonchev–Trinajstić information content (AvgIpc) is 3.10. The molecular weight excluding hydrogens is 348 g/mol. The van der Waals surface area contributed by atoms with Gasteiger partial charge in [-0.15, -0.1) is 0 Å². The molecule has 5 nitrogen and oxygen atoms in total. The van der Waals surface area contributed by atoms with Crippen LogP contribution in [0.25, 0.3) is 0 Å². The maximum absolute atomic E-state index is 6.09. The molecule has 6 heteroatoms. The normalized spacial score (nSPS) is 26.2. The number of nitrogens with zero attached hydrogens (tertiary/aromatic N) is 1. The van der Waals surface area contributed by atoms with Crippen molar-refractivity contribution in [1.29, 1.82) is 0 Å². The minimum Gasteiger partial charge on any atom is -0.379 e. The Labute approximate surface area is 162 Å². The van der Waals surface area contributed by atoms with Gasteiger partial charge >= 0.3 is 0 Å². The maximum atomic E-state index is 6.09. The Kier molecular flexibility index (Phi) is 6.94. The smallest absolute Gasteiger partial charge is 0.0594 e. The highest BCUT2D eigenvalue weighted by atomic mass is 35.5. The van der Waals surface area contributed by atoms with Gasteiger partial charge in [0.2, 0.25) is 0 Å². The van der Waals surface area contributed by atoms with Gasteiger partial charge in [-0.2, -0.15) is 0 Å². The molecule has 0 aromatic heterocycles. The lowest BCUT2D eigenvalue weighted by Gasteiger charge is -2.36. The van der Waals surface area contributed by atoms with E-state index in [-0.39, 0.29) is 5.41 Å². The van der Waals surface area contributed by atoms with Crippen molar-refractivity contribution in [3.63, 3.8) is 0 Å². The van der Waals surface area contributed by atoms with E-state index < -0.39 is 0 Å². The third-order valence-corrected chi connectivity index (χ3v) is 5.76. The van der Waals surface area contributed by atoms with E-state index in [1.807, 2.05) is 12.1 Å². The fraction of sp³-hybridized carbons (Fsp3) is 0.700. The highest BCUT2D eigenvalue weighted by Crippen LogP contribution is 2.27. The van der Waals surface area contributed by atoms with Gasteiger partial charge in [0, 0.05) is 55.7 Å². The van der Waals surface area contributed by atoms with E-state index in [0.717, 1.165) is 51.0 Å². The number of hydrogen-bond acceptors (Lipinski definition) is 5. The lowest BCUT2D eigenvalue weighted by atomic mass is 9.80. The Hall–Kier alpha value is -0.690. The van der Waals surface area contributed by atoms with Crippen molar-refractivity contribution in [3.05, 3.63) is 34.9 Å². The molecule has 0 saturated carbocycles. The molecule has 2 saturated heterocycles. The van der Waals surface area contributed by atoms with Crippen LogP contribution in [0.4, 0.5) is 0 Å². The number of benzene rings is 1. The molecule has 1 aromatic carbocycles. The lowest BCUT2D eigenvalue weighted by molar-refractivity contribution is 0.0159. The highest BCUT2D eigenvalue weighted by molar-refractivity contribution is 6.30. The predicted octanol–water partition coefficient (Wildman–Crippen LogP) is 2.44. The average molecular weight is 381 g/mol. The summed E-state index contributed by atoms with van der Waals surface area (Å²) in [6.07, 6.45) is 0. The van der Waals surface area contributed by atoms with Crippen molar-refractivity contribution < 1.29 is 4.74 Å². The van der Waals surface area contributed by atoms with Crippen molar-refractivity contribution in [3.8, 4) is 0 Å². The summed E-state index contributed by atoms with van der Waals surface area (Å²) in [7, 11) is 0. The molecule has 0 bridgehead atoms. The summed E-state index contributed by atoms with van der Waals surface area (Å²) >= 11 is 6.09. The third kappa shape index (κ3) is 5.18. The molecule has 26 heavy (non-hydrogen) atoms. The molecule has 2 aliphatic heterocycles. The van der Waals surface area contributed by atoms with Crippen molar-refractivity contribution in [1.82, 2.24) is 21.1 Å².